The van der Waals surface area contributed by atoms with E-state index in [4.69, 9.17) is 0 Å². The second kappa shape index (κ2) is 5.43. The van der Waals surface area contributed by atoms with Crippen LogP contribution in [0.3, 0.4) is 0 Å². The summed E-state index contributed by atoms with van der Waals surface area (Å²) in [5.41, 5.74) is 0. The summed E-state index contributed by atoms with van der Waals surface area (Å²) < 4.78 is 3.19. The molecule has 2 aliphatic heterocycles. The summed E-state index contributed by atoms with van der Waals surface area (Å²) in [4.78, 5) is 2.34. The Kier molecular flexibility index (Phi) is 4.50. The number of thioether (sulfide) groups is 4. The van der Waals surface area contributed by atoms with Crippen molar-refractivity contribution in [3.63, 3.8) is 0 Å². The van der Waals surface area contributed by atoms with Crippen molar-refractivity contribution < 1.29 is 0 Å². The van der Waals surface area contributed by atoms with Crippen molar-refractivity contribution >= 4 is 47.0 Å². The largest absolute Gasteiger partial charge is 0.305 e. The van der Waals surface area contributed by atoms with Crippen LogP contribution in [-0.4, -0.2) is 48.0 Å². The third kappa shape index (κ3) is 2.82. The lowest BCUT2D eigenvalue weighted by Crippen LogP contribution is -2.34. The Balaban J connectivity index is 1.92. The van der Waals surface area contributed by atoms with E-state index in [2.05, 4.69) is 42.5 Å². The Morgan fingerprint density at radius 1 is 0.929 bits per heavy atom. The Labute approximate surface area is 103 Å². The molecule has 0 bridgehead atoms. The molecule has 0 radical (unpaired) electrons. The van der Waals surface area contributed by atoms with Crippen molar-refractivity contribution in [1.29, 1.82) is 0 Å². The average molecular weight is 265 g/mol. The van der Waals surface area contributed by atoms with Gasteiger partial charge in [-0.1, -0.05) is 0 Å². The second-order valence-electron chi connectivity index (χ2n) is 3.51. The van der Waals surface area contributed by atoms with Gasteiger partial charge in [-0.15, -0.1) is 47.0 Å². The topological polar surface area (TPSA) is 3.24 Å². The highest BCUT2D eigenvalue weighted by Gasteiger charge is 2.23. The van der Waals surface area contributed by atoms with Crippen molar-refractivity contribution in [2.45, 2.75) is 6.04 Å². The van der Waals surface area contributed by atoms with E-state index in [-0.39, 0.29) is 0 Å². The molecule has 80 valence electrons. The molecular formula is C9H15NS4. The highest BCUT2D eigenvalue weighted by molar-refractivity contribution is 8.30. The lowest BCUT2D eigenvalue weighted by molar-refractivity contribution is 0.344. The number of nitrogens with zero attached hydrogens (tertiary/aromatic N) is 1. The first kappa shape index (κ1) is 11.6. The van der Waals surface area contributed by atoms with E-state index < -0.39 is 0 Å². The van der Waals surface area contributed by atoms with Crippen LogP contribution >= 0.6 is 47.0 Å². The summed E-state index contributed by atoms with van der Waals surface area (Å²) in [6.45, 7) is 0. The van der Waals surface area contributed by atoms with Gasteiger partial charge in [-0.3, -0.25) is 0 Å². The molecular weight excluding hydrogens is 250 g/mol. The molecule has 0 atom stereocenters. The van der Waals surface area contributed by atoms with Gasteiger partial charge in [0.15, 0.2) is 0 Å². The highest BCUT2D eigenvalue weighted by Crippen LogP contribution is 2.48. The first-order valence-corrected chi connectivity index (χ1v) is 8.63. The molecule has 2 heterocycles. The predicted octanol–water partition coefficient (Wildman–Crippen LogP) is 3.00. The van der Waals surface area contributed by atoms with Crippen molar-refractivity contribution in [2.75, 3.05) is 37.1 Å². The Hall–Kier alpha value is 1.10. The molecule has 0 aliphatic carbocycles. The molecule has 2 rings (SSSR count). The second-order valence-corrected chi connectivity index (χ2v) is 8.30. The molecule has 1 nitrogen and oxygen atoms in total. The van der Waals surface area contributed by atoms with Gasteiger partial charge in [0.1, 0.15) is 0 Å². The molecule has 2 fully saturated rings. The minimum Gasteiger partial charge on any atom is -0.305 e. The van der Waals surface area contributed by atoms with Crippen molar-refractivity contribution in [3.8, 4) is 0 Å². The molecule has 2 aliphatic rings. The summed E-state index contributed by atoms with van der Waals surface area (Å²) in [5, 5.41) is 0. The zero-order valence-corrected chi connectivity index (χ0v) is 11.8. The van der Waals surface area contributed by atoms with E-state index in [1.54, 1.807) is 8.47 Å². The molecule has 0 aromatic carbocycles. The summed E-state index contributed by atoms with van der Waals surface area (Å²) in [5.74, 6) is 5.14. The van der Waals surface area contributed by atoms with Crippen LogP contribution in [0.2, 0.25) is 0 Å². The maximum absolute atomic E-state index is 2.34. The van der Waals surface area contributed by atoms with Crippen LogP contribution in [0.4, 0.5) is 0 Å². The van der Waals surface area contributed by atoms with E-state index in [1.165, 1.54) is 23.0 Å². The SMILES string of the molecule is CN(C)C1CSC(=C2SCCS2)SC1. The number of hydrogen-bond donors (Lipinski definition) is 0. The van der Waals surface area contributed by atoms with Gasteiger partial charge < -0.3 is 4.90 Å². The van der Waals surface area contributed by atoms with Gasteiger partial charge in [0.05, 0.1) is 8.47 Å². The summed E-state index contributed by atoms with van der Waals surface area (Å²) >= 11 is 8.20. The highest BCUT2D eigenvalue weighted by atomic mass is 32.2. The van der Waals surface area contributed by atoms with Crippen LogP contribution in [0.15, 0.2) is 8.47 Å². The molecule has 2 saturated heterocycles. The zero-order valence-electron chi connectivity index (χ0n) is 8.49. The molecule has 0 N–H and O–H groups in total. The van der Waals surface area contributed by atoms with Gasteiger partial charge in [-0.05, 0) is 14.1 Å². The van der Waals surface area contributed by atoms with E-state index >= 15 is 0 Å². The van der Waals surface area contributed by atoms with Crippen molar-refractivity contribution in [1.82, 2.24) is 4.90 Å². The smallest absolute Gasteiger partial charge is 0.0603 e. The Morgan fingerprint density at radius 2 is 1.43 bits per heavy atom. The minimum absolute atomic E-state index is 0.755. The van der Waals surface area contributed by atoms with Gasteiger partial charge in [-0.2, -0.15) is 0 Å². The average Bonchev–Trinajstić information content (AvgIpc) is 2.71. The molecule has 0 spiro atoms. The summed E-state index contributed by atoms with van der Waals surface area (Å²) in [6.07, 6.45) is 0. The van der Waals surface area contributed by atoms with Crippen LogP contribution in [0.25, 0.3) is 0 Å². The van der Waals surface area contributed by atoms with Crippen LogP contribution in [0, 0.1) is 0 Å². The first-order valence-electron chi connectivity index (χ1n) is 4.69. The minimum atomic E-state index is 0.755. The van der Waals surface area contributed by atoms with Gasteiger partial charge >= 0.3 is 0 Å². The third-order valence-corrected chi connectivity index (χ3v) is 8.23. The summed E-state index contributed by atoms with van der Waals surface area (Å²) in [7, 11) is 4.37. The van der Waals surface area contributed by atoms with Gasteiger partial charge in [0.2, 0.25) is 0 Å². The molecule has 0 aromatic rings. The fraction of sp³-hybridized carbons (Fsp3) is 0.778. The summed E-state index contributed by atoms with van der Waals surface area (Å²) in [6, 6.07) is 0.755. The van der Waals surface area contributed by atoms with Crippen LogP contribution in [0.5, 0.6) is 0 Å². The van der Waals surface area contributed by atoms with E-state index in [9.17, 15) is 0 Å². The lowest BCUT2D eigenvalue weighted by Gasteiger charge is -2.28. The molecule has 0 unspecified atom stereocenters. The van der Waals surface area contributed by atoms with Crippen molar-refractivity contribution in [3.05, 3.63) is 8.47 Å². The fourth-order valence-corrected chi connectivity index (χ4v) is 7.44. The Bertz CT molecular complexity index is 221. The van der Waals surface area contributed by atoms with Crippen LogP contribution in [0.1, 0.15) is 0 Å². The van der Waals surface area contributed by atoms with Gasteiger partial charge in [0, 0.05) is 29.1 Å². The molecule has 0 saturated carbocycles. The van der Waals surface area contributed by atoms with E-state index in [1.807, 2.05) is 23.5 Å². The fourth-order valence-electron chi connectivity index (χ4n) is 1.28. The number of rotatable bonds is 1. The molecule has 5 heteroatoms. The molecule has 0 aromatic heterocycles. The lowest BCUT2D eigenvalue weighted by atomic mass is 10.4. The number of hydrogen-bond acceptors (Lipinski definition) is 5. The first-order chi connectivity index (χ1) is 6.77. The predicted molar refractivity (Wildman–Crippen MR) is 74.3 cm³/mol. The standard InChI is InChI=1S/C9H15NS4/c1-10(2)7-5-13-9(14-6-7)8-11-3-4-12-8/h7H,3-6H2,1-2H3. The Morgan fingerprint density at radius 3 is 1.93 bits per heavy atom. The normalized spacial score (nSPS) is 28.9. The van der Waals surface area contributed by atoms with E-state index in [0.29, 0.717) is 0 Å². The van der Waals surface area contributed by atoms with Crippen molar-refractivity contribution in [2.24, 2.45) is 0 Å². The molecule has 14 heavy (non-hydrogen) atoms. The van der Waals surface area contributed by atoms with Crippen LogP contribution in [-0.2, 0) is 0 Å². The van der Waals surface area contributed by atoms with E-state index in [0.717, 1.165) is 6.04 Å². The van der Waals surface area contributed by atoms with Gasteiger partial charge in [-0.25, -0.2) is 0 Å². The quantitative estimate of drug-likeness (QED) is 0.715. The molecule has 0 amide bonds. The zero-order chi connectivity index (χ0) is 9.97. The maximum Gasteiger partial charge on any atom is 0.0603 e. The maximum atomic E-state index is 2.34. The third-order valence-electron chi connectivity index (χ3n) is 2.26. The monoisotopic (exact) mass is 265 g/mol. The van der Waals surface area contributed by atoms with Crippen LogP contribution < -0.4 is 0 Å². The van der Waals surface area contributed by atoms with Gasteiger partial charge in [0.25, 0.3) is 0 Å².